The van der Waals surface area contributed by atoms with Gasteiger partial charge in [0.1, 0.15) is 5.75 Å². The van der Waals surface area contributed by atoms with Crippen LogP contribution in [0, 0.1) is 0 Å². The van der Waals surface area contributed by atoms with Crippen LogP contribution in [0.3, 0.4) is 0 Å². The molecule has 1 atom stereocenters. The summed E-state index contributed by atoms with van der Waals surface area (Å²) >= 11 is 1.70. The molecule has 1 aromatic heterocycles. The van der Waals surface area contributed by atoms with E-state index in [1.807, 2.05) is 36.5 Å². The fourth-order valence-corrected chi connectivity index (χ4v) is 4.83. The van der Waals surface area contributed by atoms with Crippen molar-refractivity contribution in [1.82, 2.24) is 10.3 Å². The molecule has 0 saturated carbocycles. The Balaban J connectivity index is 1.41. The second kappa shape index (κ2) is 9.33. The summed E-state index contributed by atoms with van der Waals surface area (Å²) in [6.07, 6.45) is 5.31. The number of aromatic amines is 1. The van der Waals surface area contributed by atoms with Gasteiger partial charge < -0.3 is 20.1 Å². The Morgan fingerprint density at radius 2 is 1.97 bits per heavy atom. The average molecular weight is 459 g/mol. The van der Waals surface area contributed by atoms with Crippen LogP contribution in [0.4, 0.5) is 0 Å². The summed E-state index contributed by atoms with van der Waals surface area (Å²) in [6, 6.07) is 20.0. The van der Waals surface area contributed by atoms with Crippen molar-refractivity contribution in [2.24, 2.45) is 0 Å². The highest BCUT2D eigenvalue weighted by atomic mass is 32.2. The molecule has 0 fully saturated rings. The number of aliphatic hydroxyl groups excluding tert-OH is 1. The highest BCUT2D eigenvalue weighted by Crippen LogP contribution is 2.35. The van der Waals surface area contributed by atoms with Crippen molar-refractivity contribution in [1.29, 1.82) is 0 Å². The van der Waals surface area contributed by atoms with Gasteiger partial charge in [0.15, 0.2) is 0 Å². The number of H-pyrrole nitrogens is 1. The van der Waals surface area contributed by atoms with Crippen LogP contribution in [-0.4, -0.2) is 41.5 Å². The van der Waals surface area contributed by atoms with Gasteiger partial charge in [0.25, 0.3) is 5.91 Å². The van der Waals surface area contributed by atoms with Gasteiger partial charge in [-0.15, -0.1) is 11.8 Å². The van der Waals surface area contributed by atoms with Crippen LogP contribution in [0.5, 0.6) is 5.75 Å². The van der Waals surface area contributed by atoms with Gasteiger partial charge in [0.2, 0.25) is 0 Å². The summed E-state index contributed by atoms with van der Waals surface area (Å²) in [7, 11) is 0. The smallest absolute Gasteiger partial charge is 0.255 e. The van der Waals surface area contributed by atoms with Crippen LogP contribution < -0.4 is 10.1 Å². The molecule has 1 aliphatic heterocycles. The lowest BCUT2D eigenvalue weighted by atomic mass is 9.97. The van der Waals surface area contributed by atoms with Crippen molar-refractivity contribution in [3.05, 3.63) is 83.6 Å². The van der Waals surface area contributed by atoms with Crippen molar-refractivity contribution >= 4 is 28.6 Å². The van der Waals surface area contributed by atoms with E-state index in [9.17, 15) is 9.90 Å². The molecular formula is C27H26N2O3S. The molecule has 168 valence electrons. The quantitative estimate of drug-likeness (QED) is 0.347. The molecule has 0 unspecified atom stereocenters. The first-order valence-corrected chi connectivity index (χ1v) is 12.3. The highest BCUT2D eigenvalue weighted by Gasteiger charge is 2.24. The second-order valence-electron chi connectivity index (χ2n) is 8.26. The maximum absolute atomic E-state index is 13.3. The Morgan fingerprint density at radius 1 is 1.15 bits per heavy atom. The zero-order chi connectivity index (χ0) is 22.8. The van der Waals surface area contributed by atoms with Crippen LogP contribution in [0.15, 0.2) is 71.8 Å². The maximum atomic E-state index is 13.3. The summed E-state index contributed by atoms with van der Waals surface area (Å²) < 4.78 is 5.83. The SMILES string of the molecule is CSc1ccc(-c2cc3c(c(C(=O)N[C@@H](CO)Cc4c[nH]c5ccccc45)c2)OCC3)cc1. The van der Waals surface area contributed by atoms with Crippen molar-refractivity contribution in [2.75, 3.05) is 19.5 Å². The number of ether oxygens (including phenoxy) is 1. The van der Waals surface area contributed by atoms with Crippen molar-refractivity contribution in [3.8, 4) is 16.9 Å². The topological polar surface area (TPSA) is 74.4 Å². The van der Waals surface area contributed by atoms with E-state index in [1.54, 1.807) is 11.8 Å². The lowest BCUT2D eigenvalue weighted by molar-refractivity contribution is 0.0913. The van der Waals surface area contributed by atoms with E-state index in [0.717, 1.165) is 39.6 Å². The minimum absolute atomic E-state index is 0.149. The first-order valence-electron chi connectivity index (χ1n) is 11.1. The first-order chi connectivity index (χ1) is 16.2. The average Bonchev–Trinajstić information content (AvgIpc) is 3.50. The molecule has 6 heteroatoms. The van der Waals surface area contributed by atoms with Crippen LogP contribution >= 0.6 is 11.8 Å². The minimum Gasteiger partial charge on any atom is -0.492 e. The third-order valence-corrected chi connectivity index (χ3v) is 6.89. The lowest BCUT2D eigenvalue weighted by Gasteiger charge is -2.18. The van der Waals surface area contributed by atoms with Gasteiger partial charge in [-0.05, 0) is 65.3 Å². The largest absolute Gasteiger partial charge is 0.492 e. The number of para-hydroxylation sites is 1. The number of hydrogen-bond donors (Lipinski definition) is 3. The van der Waals surface area contributed by atoms with E-state index in [4.69, 9.17) is 4.74 Å². The van der Waals surface area contributed by atoms with Crippen molar-refractivity contribution in [2.45, 2.75) is 23.8 Å². The van der Waals surface area contributed by atoms with Crippen LogP contribution in [0.25, 0.3) is 22.0 Å². The van der Waals surface area contributed by atoms with Gasteiger partial charge in [-0.25, -0.2) is 0 Å². The zero-order valence-electron chi connectivity index (χ0n) is 18.4. The Hall–Kier alpha value is -3.22. The molecule has 0 bridgehead atoms. The summed E-state index contributed by atoms with van der Waals surface area (Å²) in [5.74, 6) is 0.426. The van der Waals surface area contributed by atoms with Crippen LogP contribution in [0.2, 0.25) is 0 Å². The van der Waals surface area contributed by atoms with Gasteiger partial charge in [0, 0.05) is 28.4 Å². The summed E-state index contributed by atoms with van der Waals surface area (Å²) in [5, 5.41) is 14.1. The molecule has 1 amide bonds. The molecule has 5 rings (SSSR count). The number of amides is 1. The molecular weight excluding hydrogens is 432 g/mol. The number of aromatic nitrogens is 1. The number of rotatable bonds is 7. The molecule has 33 heavy (non-hydrogen) atoms. The van der Waals surface area contributed by atoms with Crippen LogP contribution in [0.1, 0.15) is 21.5 Å². The predicted octanol–water partition coefficient (Wildman–Crippen LogP) is 4.83. The van der Waals surface area contributed by atoms with Gasteiger partial charge in [-0.3, -0.25) is 4.79 Å². The molecule has 0 spiro atoms. The third-order valence-electron chi connectivity index (χ3n) is 6.15. The second-order valence-corrected chi connectivity index (χ2v) is 9.14. The van der Waals surface area contributed by atoms with Crippen molar-refractivity contribution < 1.29 is 14.6 Å². The number of benzene rings is 3. The number of hydrogen-bond acceptors (Lipinski definition) is 4. The van der Waals surface area contributed by atoms with E-state index in [1.165, 1.54) is 4.90 Å². The fourth-order valence-electron chi connectivity index (χ4n) is 4.42. The molecule has 3 aromatic carbocycles. The molecule has 3 N–H and O–H groups in total. The van der Waals surface area contributed by atoms with Gasteiger partial charge >= 0.3 is 0 Å². The number of fused-ring (bicyclic) bond motifs is 2. The molecule has 0 radical (unpaired) electrons. The standard InChI is InChI=1S/C27H26N2O3S/c1-33-22-8-6-17(7-9-22)19-12-18-10-11-32-26(18)24(14-19)27(31)29-21(16-30)13-20-15-28-25-5-3-2-4-23(20)25/h2-9,12,14-15,21,28,30H,10-11,13,16H2,1H3,(H,29,31)/t21-/m1/s1. The zero-order valence-corrected chi connectivity index (χ0v) is 19.2. The summed E-state index contributed by atoms with van der Waals surface area (Å²) in [6.45, 7) is 0.424. The number of carbonyl (C=O) groups is 1. The highest BCUT2D eigenvalue weighted by molar-refractivity contribution is 7.98. The molecule has 4 aromatic rings. The van der Waals surface area contributed by atoms with Crippen molar-refractivity contribution in [3.63, 3.8) is 0 Å². The summed E-state index contributed by atoms with van der Waals surface area (Å²) in [5.41, 5.74) is 5.73. The molecule has 1 aliphatic rings. The number of nitrogens with one attached hydrogen (secondary N) is 2. The molecule has 0 saturated heterocycles. The molecule has 5 nitrogen and oxygen atoms in total. The number of aliphatic hydroxyl groups is 1. The monoisotopic (exact) mass is 458 g/mol. The Labute approximate surface area is 197 Å². The molecule has 2 heterocycles. The number of carbonyl (C=O) groups excluding carboxylic acids is 1. The van der Waals surface area contributed by atoms with E-state index < -0.39 is 6.04 Å². The van der Waals surface area contributed by atoms with Crippen LogP contribution in [-0.2, 0) is 12.8 Å². The van der Waals surface area contributed by atoms with Gasteiger partial charge in [-0.2, -0.15) is 0 Å². The van der Waals surface area contributed by atoms with E-state index >= 15 is 0 Å². The Kier molecular flexibility index (Phi) is 6.11. The van der Waals surface area contributed by atoms with E-state index in [0.29, 0.717) is 24.3 Å². The Bertz CT molecular complexity index is 1300. The normalized spacial score (nSPS) is 13.5. The minimum atomic E-state index is -0.404. The lowest BCUT2D eigenvalue weighted by Crippen LogP contribution is -2.39. The number of thioether (sulfide) groups is 1. The predicted molar refractivity (Wildman–Crippen MR) is 133 cm³/mol. The Morgan fingerprint density at radius 3 is 2.76 bits per heavy atom. The fraction of sp³-hybridized carbons (Fsp3) is 0.222. The molecule has 0 aliphatic carbocycles. The van der Waals surface area contributed by atoms with Gasteiger partial charge in [-0.1, -0.05) is 30.3 Å². The summed E-state index contributed by atoms with van der Waals surface area (Å²) in [4.78, 5) is 17.8. The third kappa shape index (κ3) is 4.36. The maximum Gasteiger partial charge on any atom is 0.255 e. The first kappa shape index (κ1) is 21.6. The van der Waals surface area contributed by atoms with Gasteiger partial charge in [0.05, 0.1) is 24.8 Å². The van der Waals surface area contributed by atoms with E-state index in [2.05, 4.69) is 46.9 Å². The van der Waals surface area contributed by atoms with E-state index in [-0.39, 0.29) is 12.5 Å².